The van der Waals surface area contributed by atoms with Gasteiger partial charge in [-0.25, -0.2) is 4.98 Å². The molecule has 2 aromatic rings. The zero-order valence-corrected chi connectivity index (χ0v) is 11.3. The van der Waals surface area contributed by atoms with E-state index in [9.17, 15) is 0 Å². The normalized spacial score (nSPS) is 13.5. The summed E-state index contributed by atoms with van der Waals surface area (Å²) >= 11 is 5.87. The molecule has 1 aromatic carbocycles. The molecule has 0 aliphatic rings. The van der Waals surface area contributed by atoms with Crippen molar-refractivity contribution < 1.29 is 0 Å². The molecule has 0 spiro atoms. The lowest BCUT2D eigenvalue weighted by Gasteiger charge is -2.23. The van der Waals surface area contributed by atoms with Gasteiger partial charge in [0.05, 0.1) is 17.4 Å². The van der Waals surface area contributed by atoms with Crippen LogP contribution in [0.3, 0.4) is 0 Å². The van der Waals surface area contributed by atoms with Gasteiger partial charge in [0, 0.05) is 19.0 Å². The lowest BCUT2D eigenvalue weighted by molar-refractivity contribution is 0.293. The van der Waals surface area contributed by atoms with E-state index in [1.165, 1.54) is 5.56 Å². The first-order valence-corrected chi connectivity index (χ1v) is 6.30. The van der Waals surface area contributed by atoms with E-state index >= 15 is 0 Å². The molecule has 0 bridgehead atoms. The number of fused-ring (bicyclic) bond motifs is 1. The van der Waals surface area contributed by atoms with E-state index in [4.69, 9.17) is 11.6 Å². The molecule has 0 aliphatic carbocycles. The fourth-order valence-electron chi connectivity index (χ4n) is 2.19. The van der Waals surface area contributed by atoms with Crippen molar-refractivity contribution in [1.82, 2.24) is 14.5 Å². The maximum Gasteiger partial charge on any atom is 0.0955 e. The van der Waals surface area contributed by atoms with Gasteiger partial charge >= 0.3 is 0 Å². The number of hydrogen-bond donors (Lipinski definition) is 0. The molecule has 0 N–H and O–H groups in total. The van der Waals surface area contributed by atoms with Crippen LogP contribution >= 0.6 is 11.6 Å². The molecule has 92 valence electrons. The van der Waals surface area contributed by atoms with Gasteiger partial charge in [-0.3, -0.25) is 0 Å². The molecule has 0 fully saturated rings. The Balaban J connectivity index is 2.40. The molecule has 0 aliphatic heterocycles. The Hall–Kier alpha value is -1.06. The number of benzene rings is 1. The Morgan fingerprint density at radius 1 is 1.41 bits per heavy atom. The van der Waals surface area contributed by atoms with Crippen molar-refractivity contribution in [3.8, 4) is 0 Å². The molecule has 1 unspecified atom stereocenters. The van der Waals surface area contributed by atoms with Gasteiger partial charge in [0.25, 0.3) is 0 Å². The van der Waals surface area contributed by atoms with Crippen molar-refractivity contribution in [2.24, 2.45) is 7.05 Å². The zero-order chi connectivity index (χ0) is 12.4. The van der Waals surface area contributed by atoms with Crippen molar-refractivity contribution in [2.75, 3.05) is 20.0 Å². The Kier molecular flexibility index (Phi) is 3.69. The molecule has 2 rings (SSSR count). The molecule has 17 heavy (non-hydrogen) atoms. The van der Waals surface area contributed by atoms with Gasteiger partial charge in [-0.15, -0.1) is 11.6 Å². The summed E-state index contributed by atoms with van der Waals surface area (Å²) < 4.78 is 2.03. The van der Waals surface area contributed by atoms with E-state index in [2.05, 4.69) is 42.2 Å². The monoisotopic (exact) mass is 251 g/mol. The minimum atomic E-state index is 0.360. The number of imidazole rings is 1. The first-order chi connectivity index (χ1) is 8.13. The average Bonchev–Trinajstić information content (AvgIpc) is 2.67. The summed E-state index contributed by atoms with van der Waals surface area (Å²) in [7, 11) is 6.18. The highest BCUT2D eigenvalue weighted by Crippen LogP contribution is 2.25. The van der Waals surface area contributed by atoms with Crippen LogP contribution in [0.4, 0.5) is 0 Å². The largest absolute Gasteiger partial charge is 0.334 e. The number of nitrogens with zero attached hydrogens (tertiary/aromatic N) is 3. The van der Waals surface area contributed by atoms with Crippen molar-refractivity contribution in [3.63, 3.8) is 0 Å². The second-order valence-electron chi connectivity index (χ2n) is 4.56. The molecular formula is C13H18ClN3. The second kappa shape index (κ2) is 5.07. The Morgan fingerprint density at radius 3 is 2.82 bits per heavy atom. The highest BCUT2D eigenvalue weighted by atomic mass is 35.5. The minimum absolute atomic E-state index is 0.360. The van der Waals surface area contributed by atoms with Crippen LogP contribution in [0.25, 0.3) is 11.0 Å². The first-order valence-electron chi connectivity index (χ1n) is 5.77. The summed E-state index contributed by atoms with van der Waals surface area (Å²) in [5, 5.41) is 0. The molecule has 0 saturated carbocycles. The highest BCUT2D eigenvalue weighted by Gasteiger charge is 2.14. The van der Waals surface area contributed by atoms with Crippen molar-refractivity contribution in [2.45, 2.75) is 12.5 Å². The van der Waals surface area contributed by atoms with E-state index in [0.29, 0.717) is 11.9 Å². The first kappa shape index (κ1) is 12.4. The summed E-state index contributed by atoms with van der Waals surface area (Å²) in [6.07, 6.45) is 2.80. The SMILES string of the molecule is CN(C)C(CCCl)c1ccc2c(c1)ncn2C. The van der Waals surface area contributed by atoms with Gasteiger partial charge in [0.2, 0.25) is 0 Å². The molecule has 0 radical (unpaired) electrons. The molecule has 0 saturated heterocycles. The van der Waals surface area contributed by atoms with E-state index in [-0.39, 0.29) is 0 Å². The second-order valence-corrected chi connectivity index (χ2v) is 4.94. The van der Waals surface area contributed by atoms with Gasteiger partial charge in [-0.1, -0.05) is 6.07 Å². The predicted octanol–water partition coefficient (Wildman–Crippen LogP) is 2.80. The molecular weight excluding hydrogens is 234 g/mol. The van der Waals surface area contributed by atoms with Gasteiger partial charge < -0.3 is 9.47 Å². The average molecular weight is 252 g/mol. The van der Waals surface area contributed by atoms with E-state index < -0.39 is 0 Å². The van der Waals surface area contributed by atoms with Crippen molar-refractivity contribution in [3.05, 3.63) is 30.1 Å². The number of alkyl halides is 1. The number of aromatic nitrogens is 2. The quantitative estimate of drug-likeness (QED) is 0.780. The summed E-state index contributed by atoms with van der Waals surface area (Å²) in [6.45, 7) is 0. The third-order valence-corrected chi connectivity index (χ3v) is 3.36. The fourth-order valence-corrected chi connectivity index (χ4v) is 2.39. The van der Waals surface area contributed by atoms with E-state index in [0.717, 1.165) is 17.5 Å². The molecule has 1 atom stereocenters. The third kappa shape index (κ3) is 2.45. The van der Waals surface area contributed by atoms with Crippen molar-refractivity contribution >= 4 is 22.6 Å². The lowest BCUT2D eigenvalue weighted by atomic mass is 10.0. The number of halogens is 1. The van der Waals surface area contributed by atoms with Crippen LogP contribution in [-0.2, 0) is 7.05 Å². The zero-order valence-electron chi connectivity index (χ0n) is 10.5. The van der Waals surface area contributed by atoms with Crippen LogP contribution in [0, 0.1) is 0 Å². The molecule has 0 amide bonds. The smallest absolute Gasteiger partial charge is 0.0955 e. The topological polar surface area (TPSA) is 21.1 Å². The van der Waals surface area contributed by atoms with Crippen LogP contribution in [0.1, 0.15) is 18.0 Å². The molecule has 1 heterocycles. The van der Waals surface area contributed by atoms with Crippen LogP contribution in [0.5, 0.6) is 0 Å². The van der Waals surface area contributed by atoms with Crippen LogP contribution in [0.15, 0.2) is 24.5 Å². The Bertz CT molecular complexity index is 504. The predicted molar refractivity (Wildman–Crippen MR) is 72.5 cm³/mol. The molecule has 3 nitrogen and oxygen atoms in total. The van der Waals surface area contributed by atoms with Gasteiger partial charge in [0.1, 0.15) is 0 Å². The Morgan fingerprint density at radius 2 is 2.18 bits per heavy atom. The van der Waals surface area contributed by atoms with E-state index in [1.807, 2.05) is 17.9 Å². The Labute approximate surface area is 107 Å². The maximum atomic E-state index is 5.87. The van der Waals surface area contributed by atoms with Crippen molar-refractivity contribution in [1.29, 1.82) is 0 Å². The highest BCUT2D eigenvalue weighted by molar-refractivity contribution is 6.17. The fraction of sp³-hybridized carbons (Fsp3) is 0.462. The number of rotatable bonds is 4. The number of hydrogen-bond acceptors (Lipinski definition) is 2. The summed E-state index contributed by atoms with van der Waals surface area (Å²) in [4.78, 5) is 6.59. The van der Waals surface area contributed by atoms with E-state index in [1.54, 1.807) is 0 Å². The van der Waals surface area contributed by atoms with Crippen LogP contribution in [0.2, 0.25) is 0 Å². The summed E-state index contributed by atoms with van der Waals surface area (Å²) in [6, 6.07) is 6.81. The lowest BCUT2D eigenvalue weighted by Crippen LogP contribution is -2.20. The van der Waals surface area contributed by atoms with Crippen LogP contribution in [-0.4, -0.2) is 34.4 Å². The third-order valence-electron chi connectivity index (χ3n) is 3.14. The standard InChI is InChI=1S/C13H18ClN3/c1-16(2)12(6-7-14)10-4-5-13-11(8-10)15-9-17(13)3/h4-5,8-9,12H,6-7H2,1-3H3. The van der Waals surface area contributed by atoms with Gasteiger partial charge in [-0.05, 0) is 38.2 Å². The number of aryl methyl sites for hydroxylation is 1. The summed E-state index contributed by atoms with van der Waals surface area (Å²) in [5.41, 5.74) is 3.49. The minimum Gasteiger partial charge on any atom is -0.334 e. The molecule has 1 aromatic heterocycles. The maximum absolute atomic E-state index is 5.87. The van der Waals surface area contributed by atoms with Gasteiger partial charge in [-0.2, -0.15) is 0 Å². The van der Waals surface area contributed by atoms with Gasteiger partial charge in [0.15, 0.2) is 0 Å². The summed E-state index contributed by atoms with van der Waals surface area (Å²) in [5.74, 6) is 0.670. The van der Waals surface area contributed by atoms with Crippen LogP contribution < -0.4 is 0 Å². The molecule has 4 heteroatoms.